The molecule has 0 atom stereocenters. The summed E-state index contributed by atoms with van der Waals surface area (Å²) in [4.78, 5) is 36.1. The third-order valence-electron chi connectivity index (χ3n) is 3.36. The Kier molecular flexibility index (Phi) is 4.26. The van der Waals surface area contributed by atoms with E-state index < -0.39 is 5.54 Å². The highest BCUT2D eigenvalue weighted by Crippen LogP contribution is 2.23. The van der Waals surface area contributed by atoms with Crippen LogP contribution >= 0.6 is 0 Å². The Hall–Kier alpha value is -1.39. The number of nitrogens with zero attached hydrogens (tertiary/aromatic N) is 1. The number of likely N-dealkylation sites (tertiary alicyclic amines) is 1. The van der Waals surface area contributed by atoms with Crippen LogP contribution in [0.25, 0.3) is 0 Å². The molecule has 0 saturated carbocycles. The molecular weight excluding hydrogens is 220 g/mol. The van der Waals surface area contributed by atoms with Gasteiger partial charge in [0, 0.05) is 26.4 Å². The first-order valence-corrected chi connectivity index (χ1v) is 5.99. The van der Waals surface area contributed by atoms with Crippen molar-refractivity contribution in [1.29, 1.82) is 0 Å². The van der Waals surface area contributed by atoms with Crippen molar-refractivity contribution in [2.45, 2.75) is 45.6 Å². The van der Waals surface area contributed by atoms with Crippen LogP contribution < -0.4 is 5.32 Å². The molecule has 0 bridgehead atoms. The van der Waals surface area contributed by atoms with E-state index >= 15 is 0 Å². The Labute approximate surface area is 102 Å². The lowest BCUT2D eigenvalue weighted by Crippen LogP contribution is -2.59. The van der Waals surface area contributed by atoms with Crippen molar-refractivity contribution in [3.8, 4) is 0 Å². The van der Waals surface area contributed by atoms with Crippen molar-refractivity contribution in [2.24, 2.45) is 0 Å². The summed E-state index contributed by atoms with van der Waals surface area (Å²) < 4.78 is 0. The van der Waals surface area contributed by atoms with Crippen LogP contribution in [0.15, 0.2) is 0 Å². The summed E-state index contributed by atoms with van der Waals surface area (Å²) in [5, 5.41) is 2.75. The highest BCUT2D eigenvalue weighted by Gasteiger charge is 2.40. The van der Waals surface area contributed by atoms with E-state index in [1.165, 1.54) is 13.8 Å². The second kappa shape index (κ2) is 5.29. The van der Waals surface area contributed by atoms with E-state index in [1.54, 1.807) is 4.90 Å². The predicted molar refractivity (Wildman–Crippen MR) is 63.3 cm³/mol. The molecule has 0 unspecified atom stereocenters. The Morgan fingerprint density at radius 2 is 1.71 bits per heavy atom. The van der Waals surface area contributed by atoms with Gasteiger partial charge in [0.2, 0.25) is 11.8 Å². The molecule has 1 N–H and O–H groups in total. The van der Waals surface area contributed by atoms with Crippen molar-refractivity contribution in [2.75, 3.05) is 13.1 Å². The van der Waals surface area contributed by atoms with Crippen LogP contribution in [0.2, 0.25) is 0 Å². The van der Waals surface area contributed by atoms with Gasteiger partial charge >= 0.3 is 0 Å². The summed E-state index contributed by atoms with van der Waals surface area (Å²) in [6.45, 7) is 5.80. The van der Waals surface area contributed by atoms with Gasteiger partial charge in [-0.3, -0.25) is 14.4 Å². The van der Waals surface area contributed by atoms with Gasteiger partial charge in [-0.05, 0) is 19.8 Å². The Morgan fingerprint density at radius 1 is 1.18 bits per heavy atom. The second-order valence-electron chi connectivity index (χ2n) is 4.55. The molecule has 0 aromatic rings. The zero-order chi connectivity index (χ0) is 13.1. The van der Waals surface area contributed by atoms with Gasteiger partial charge in [-0.25, -0.2) is 0 Å². The largest absolute Gasteiger partial charge is 0.344 e. The molecule has 0 aliphatic carbocycles. The maximum absolute atomic E-state index is 11.7. The highest BCUT2D eigenvalue weighted by atomic mass is 16.2. The van der Waals surface area contributed by atoms with Crippen LogP contribution in [0.5, 0.6) is 0 Å². The minimum absolute atomic E-state index is 0.0312. The number of hydrogen-bond donors (Lipinski definition) is 1. The average Bonchev–Trinajstić information content (AvgIpc) is 2.28. The maximum Gasteiger partial charge on any atom is 0.222 e. The Bertz CT molecular complexity index is 331. The van der Waals surface area contributed by atoms with E-state index in [1.807, 2.05) is 6.92 Å². The third kappa shape index (κ3) is 3.05. The molecule has 1 heterocycles. The summed E-state index contributed by atoms with van der Waals surface area (Å²) in [6, 6.07) is 0. The molecule has 1 aliphatic rings. The van der Waals surface area contributed by atoms with Crippen molar-refractivity contribution in [3.63, 3.8) is 0 Å². The number of piperidine rings is 1. The molecule has 5 heteroatoms. The van der Waals surface area contributed by atoms with Crippen LogP contribution in [-0.4, -0.2) is 41.1 Å². The average molecular weight is 240 g/mol. The summed E-state index contributed by atoms with van der Waals surface area (Å²) in [6.07, 6.45) is 1.49. The van der Waals surface area contributed by atoms with E-state index in [2.05, 4.69) is 5.32 Å². The first kappa shape index (κ1) is 13.7. The Morgan fingerprint density at radius 3 is 2.06 bits per heavy atom. The fraction of sp³-hybridized carbons (Fsp3) is 0.750. The van der Waals surface area contributed by atoms with E-state index in [9.17, 15) is 14.4 Å². The minimum atomic E-state index is -0.768. The van der Waals surface area contributed by atoms with Crippen molar-refractivity contribution in [3.05, 3.63) is 0 Å². The van der Waals surface area contributed by atoms with Crippen LogP contribution in [0, 0.1) is 0 Å². The van der Waals surface area contributed by atoms with Gasteiger partial charge in [0.1, 0.15) is 5.54 Å². The molecule has 2 amide bonds. The second-order valence-corrected chi connectivity index (χ2v) is 4.55. The summed E-state index contributed by atoms with van der Waals surface area (Å²) in [5.74, 6) is -0.128. The zero-order valence-electron chi connectivity index (χ0n) is 10.7. The molecule has 17 heavy (non-hydrogen) atoms. The predicted octanol–water partition coefficient (Wildman–Crippen LogP) is 0.483. The smallest absolute Gasteiger partial charge is 0.222 e. The van der Waals surface area contributed by atoms with E-state index in [-0.39, 0.29) is 17.6 Å². The van der Waals surface area contributed by atoms with E-state index in [4.69, 9.17) is 0 Å². The molecule has 1 fully saturated rings. The molecule has 1 saturated heterocycles. The number of rotatable bonds is 3. The van der Waals surface area contributed by atoms with Crippen molar-refractivity contribution >= 4 is 17.6 Å². The molecule has 0 aromatic carbocycles. The van der Waals surface area contributed by atoms with Crippen LogP contribution in [0.3, 0.4) is 0 Å². The van der Waals surface area contributed by atoms with Gasteiger partial charge in [0.25, 0.3) is 0 Å². The van der Waals surface area contributed by atoms with Gasteiger partial charge in [-0.1, -0.05) is 6.92 Å². The van der Waals surface area contributed by atoms with Crippen LogP contribution in [0.4, 0.5) is 0 Å². The lowest BCUT2D eigenvalue weighted by Gasteiger charge is -2.40. The topological polar surface area (TPSA) is 66.5 Å². The fourth-order valence-corrected chi connectivity index (χ4v) is 2.26. The molecule has 1 aliphatic heterocycles. The number of nitrogens with one attached hydrogen (secondary N) is 1. The summed E-state index contributed by atoms with van der Waals surface area (Å²) >= 11 is 0. The van der Waals surface area contributed by atoms with Crippen molar-refractivity contribution < 1.29 is 14.4 Å². The minimum Gasteiger partial charge on any atom is -0.344 e. The van der Waals surface area contributed by atoms with Gasteiger partial charge in [0.15, 0.2) is 5.78 Å². The van der Waals surface area contributed by atoms with Gasteiger partial charge in [-0.15, -0.1) is 0 Å². The van der Waals surface area contributed by atoms with Crippen LogP contribution in [0.1, 0.15) is 40.0 Å². The number of Topliss-reactive ketones (excluding diaryl/α,β-unsaturated/α-hetero) is 1. The normalized spacial score (nSPS) is 18.6. The van der Waals surface area contributed by atoms with Crippen LogP contribution in [-0.2, 0) is 14.4 Å². The number of amides is 2. The fourth-order valence-electron chi connectivity index (χ4n) is 2.26. The highest BCUT2D eigenvalue weighted by molar-refractivity contribution is 5.91. The number of carbonyl (C=O) groups excluding carboxylic acids is 3. The van der Waals surface area contributed by atoms with Gasteiger partial charge in [-0.2, -0.15) is 0 Å². The van der Waals surface area contributed by atoms with E-state index in [0.717, 1.165) is 0 Å². The van der Waals surface area contributed by atoms with Crippen molar-refractivity contribution in [1.82, 2.24) is 10.2 Å². The maximum atomic E-state index is 11.7. The molecule has 5 nitrogen and oxygen atoms in total. The lowest BCUT2D eigenvalue weighted by atomic mass is 9.83. The molecule has 0 spiro atoms. The number of hydrogen-bond acceptors (Lipinski definition) is 3. The molecule has 96 valence electrons. The first-order chi connectivity index (χ1) is 7.91. The Balaban J connectivity index is 2.71. The first-order valence-electron chi connectivity index (χ1n) is 5.99. The summed E-state index contributed by atoms with van der Waals surface area (Å²) in [7, 11) is 0. The van der Waals surface area contributed by atoms with Gasteiger partial charge < -0.3 is 10.2 Å². The molecular formula is C12H20N2O3. The lowest BCUT2D eigenvalue weighted by molar-refractivity contribution is -0.137. The SMILES string of the molecule is CCC(=O)N1CCC(NC(C)=O)(C(C)=O)CC1. The molecule has 0 radical (unpaired) electrons. The number of ketones is 1. The quantitative estimate of drug-likeness (QED) is 0.780. The summed E-state index contributed by atoms with van der Waals surface area (Å²) in [5.41, 5.74) is -0.768. The zero-order valence-corrected chi connectivity index (χ0v) is 10.7. The monoisotopic (exact) mass is 240 g/mol. The standard InChI is InChI=1S/C12H20N2O3/c1-4-11(17)14-7-5-12(6-8-14,9(2)15)13-10(3)16/h4-8H2,1-3H3,(H,13,16). The number of carbonyl (C=O) groups is 3. The molecule has 1 rings (SSSR count). The van der Waals surface area contributed by atoms with E-state index in [0.29, 0.717) is 32.4 Å². The third-order valence-corrected chi connectivity index (χ3v) is 3.36. The molecule has 0 aromatic heterocycles. The van der Waals surface area contributed by atoms with Gasteiger partial charge in [0.05, 0.1) is 0 Å².